The van der Waals surface area contributed by atoms with E-state index in [2.05, 4.69) is 4.98 Å². The zero-order chi connectivity index (χ0) is 19.1. The van der Waals surface area contributed by atoms with E-state index in [4.69, 9.17) is 14.2 Å². The first-order valence-electron chi connectivity index (χ1n) is 8.94. The monoisotopic (exact) mass is 367 g/mol. The highest BCUT2D eigenvalue weighted by atomic mass is 16.5. The molecule has 3 aromatic rings. The summed E-state index contributed by atoms with van der Waals surface area (Å²) in [6, 6.07) is 5.74. The molecule has 0 fully saturated rings. The highest BCUT2D eigenvalue weighted by Crippen LogP contribution is 2.40. The highest BCUT2D eigenvalue weighted by molar-refractivity contribution is 6.20. The number of nitrogens with one attached hydrogen (secondary N) is 1. The summed E-state index contributed by atoms with van der Waals surface area (Å²) in [6.07, 6.45) is 3.59. The van der Waals surface area contributed by atoms with Gasteiger partial charge in [-0.25, -0.2) is 9.59 Å². The average molecular weight is 367 g/mol. The summed E-state index contributed by atoms with van der Waals surface area (Å²) in [4.78, 5) is 28.6. The Labute approximate surface area is 156 Å². The second-order valence-corrected chi connectivity index (χ2v) is 6.68. The second-order valence-electron chi connectivity index (χ2n) is 6.68. The van der Waals surface area contributed by atoms with E-state index in [-0.39, 0.29) is 5.56 Å². The van der Waals surface area contributed by atoms with Crippen LogP contribution in [0.5, 0.6) is 5.75 Å². The maximum absolute atomic E-state index is 12.7. The smallest absolute Gasteiger partial charge is 0.340 e. The van der Waals surface area contributed by atoms with Gasteiger partial charge in [0.25, 0.3) is 0 Å². The SMILES string of the molecule is COC(=O)c1c2c(c3c([nH]c4ccc(OC)cc43)c1C(=O)OC)CCCC2. The molecule has 0 bridgehead atoms. The molecular weight excluding hydrogens is 346 g/mol. The van der Waals surface area contributed by atoms with Gasteiger partial charge in [0, 0.05) is 16.3 Å². The van der Waals surface area contributed by atoms with Gasteiger partial charge in [-0.1, -0.05) is 0 Å². The maximum Gasteiger partial charge on any atom is 0.340 e. The molecule has 0 spiro atoms. The van der Waals surface area contributed by atoms with E-state index in [0.29, 0.717) is 11.1 Å². The summed E-state index contributed by atoms with van der Waals surface area (Å²) in [5.41, 5.74) is 4.06. The molecule has 0 aliphatic heterocycles. The van der Waals surface area contributed by atoms with Gasteiger partial charge in [0.15, 0.2) is 0 Å². The quantitative estimate of drug-likeness (QED) is 0.713. The number of H-pyrrole nitrogens is 1. The summed E-state index contributed by atoms with van der Waals surface area (Å²) in [5, 5.41) is 1.94. The minimum atomic E-state index is -0.549. The zero-order valence-electron chi connectivity index (χ0n) is 15.6. The number of aromatic nitrogens is 1. The molecule has 0 unspecified atom stereocenters. The summed E-state index contributed by atoms with van der Waals surface area (Å²) in [7, 11) is 4.28. The van der Waals surface area contributed by atoms with Crippen molar-refractivity contribution >= 4 is 33.7 Å². The van der Waals surface area contributed by atoms with Crippen LogP contribution in [0.25, 0.3) is 21.8 Å². The van der Waals surface area contributed by atoms with Gasteiger partial charge >= 0.3 is 11.9 Å². The largest absolute Gasteiger partial charge is 0.497 e. The number of hydrogen-bond donors (Lipinski definition) is 1. The van der Waals surface area contributed by atoms with Crippen LogP contribution in [-0.4, -0.2) is 38.3 Å². The lowest BCUT2D eigenvalue weighted by Crippen LogP contribution is -2.19. The van der Waals surface area contributed by atoms with Crippen LogP contribution >= 0.6 is 0 Å². The number of aryl methyl sites for hydroxylation is 1. The predicted octanol–water partition coefficient (Wildman–Crippen LogP) is 3.78. The number of fused-ring (bicyclic) bond motifs is 5. The van der Waals surface area contributed by atoms with Gasteiger partial charge in [0.05, 0.1) is 38.0 Å². The van der Waals surface area contributed by atoms with Crippen molar-refractivity contribution in [2.75, 3.05) is 21.3 Å². The fourth-order valence-corrected chi connectivity index (χ4v) is 4.17. The molecule has 0 saturated heterocycles. The number of rotatable bonds is 3. The molecule has 4 rings (SSSR count). The van der Waals surface area contributed by atoms with Crippen molar-refractivity contribution in [1.82, 2.24) is 4.98 Å². The predicted molar refractivity (Wildman–Crippen MR) is 102 cm³/mol. The first-order valence-corrected chi connectivity index (χ1v) is 8.94. The number of aromatic amines is 1. The van der Waals surface area contributed by atoms with Crippen LogP contribution in [0.2, 0.25) is 0 Å². The first kappa shape index (κ1) is 17.4. The molecule has 0 amide bonds. The minimum absolute atomic E-state index is 0.246. The van der Waals surface area contributed by atoms with E-state index in [1.807, 2.05) is 18.2 Å². The van der Waals surface area contributed by atoms with E-state index >= 15 is 0 Å². The van der Waals surface area contributed by atoms with Crippen LogP contribution in [0.1, 0.15) is 44.7 Å². The fourth-order valence-electron chi connectivity index (χ4n) is 4.17. The molecule has 140 valence electrons. The molecular formula is C21H21NO5. The Kier molecular flexibility index (Phi) is 4.26. The van der Waals surface area contributed by atoms with Gasteiger partial charge < -0.3 is 19.2 Å². The molecule has 0 atom stereocenters. The molecule has 1 aromatic heterocycles. The van der Waals surface area contributed by atoms with Crippen molar-refractivity contribution in [1.29, 1.82) is 0 Å². The highest BCUT2D eigenvalue weighted by Gasteiger charge is 2.31. The van der Waals surface area contributed by atoms with Crippen molar-refractivity contribution < 1.29 is 23.8 Å². The van der Waals surface area contributed by atoms with Gasteiger partial charge in [0.1, 0.15) is 5.75 Å². The van der Waals surface area contributed by atoms with Crippen molar-refractivity contribution in [3.05, 3.63) is 40.5 Å². The maximum atomic E-state index is 12.7. The van der Waals surface area contributed by atoms with Crippen molar-refractivity contribution in [3.8, 4) is 5.75 Å². The Morgan fingerprint density at radius 3 is 2.26 bits per heavy atom. The number of methoxy groups -OCH3 is 3. The Bertz CT molecular complexity index is 1080. The van der Waals surface area contributed by atoms with Crippen molar-refractivity contribution in [3.63, 3.8) is 0 Å². The van der Waals surface area contributed by atoms with Gasteiger partial charge in [-0.05, 0) is 55.0 Å². The summed E-state index contributed by atoms with van der Waals surface area (Å²) in [5.74, 6) is -0.316. The van der Waals surface area contributed by atoms with E-state index < -0.39 is 11.9 Å². The second kappa shape index (κ2) is 6.61. The molecule has 6 heteroatoms. The van der Waals surface area contributed by atoms with Crippen LogP contribution in [0.3, 0.4) is 0 Å². The Balaban J connectivity index is 2.22. The average Bonchev–Trinajstić information content (AvgIpc) is 3.10. The molecule has 27 heavy (non-hydrogen) atoms. The van der Waals surface area contributed by atoms with Crippen LogP contribution in [0.15, 0.2) is 18.2 Å². The molecule has 2 aromatic carbocycles. The first-order chi connectivity index (χ1) is 13.1. The van der Waals surface area contributed by atoms with Crippen LogP contribution < -0.4 is 4.74 Å². The number of carbonyl (C=O) groups excluding carboxylic acids is 2. The van der Waals surface area contributed by atoms with Crippen LogP contribution in [0, 0.1) is 0 Å². The number of carbonyl (C=O) groups is 2. The third-order valence-electron chi connectivity index (χ3n) is 5.36. The summed E-state index contributed by atoms with van der Waals surface area (Å²) < 4.78 is 15.4. The van der Waals surface area contributed by atoms with E-state index in [1.54, 1.807) is 7.11 Å². The van der Waals surface area contributed by atoms with Gasteiger partial charge in [-0.3, -0.25) is 0 Å². The fraction of sp³-hybridized carbons (Fsp3) is 0.333. The van der Waals surface area contributed by atoms with Crippen molar-refractivity contribution in [2.24, 2.45) is 0 Å². The molecule has 1 heterocycles. The van der Waals surface area contributed by atoms with Gasteiger partial charge in [0.2, 0.25) is 0 Å². The molecule has 6 nitrogen and oxygen atoms in total. The number of hydrogen-bond acceptors (Lipinski definition) is 5. The number of benzene rings is 2. The molecule has 0 saturated carbocycles. The third kappa shape index (κ3) is 2.55. The number of ether oxygens (including phenoxy) is 3. The Morgan fingerprint density at radius 2 is 1.59 bits per heavy atom. The lowest BCUT2D eigenvalue weighted by molar-refractivity contribution is 0.0555. The van der Waals surface area contributed by atoms with Crippen molar-refractivity contribution in [2.45, 2.75) is 25.7 Å². The third-order valence-corrected chi connectivity index (χ3v) is 5.36. The van der Waals surface area contributed by atoms with E-state index in [0.717, 1.165) is 58.8 Å². The Hall–Kier alpha value is -3.02. The standard InChI is InChI=1S/C21H21NO5/c1-25-11-8-9-15-14(10-11)16-12-6-4-5-7-13(12)17(20(23)26-2)18(19(16)22-15)21(24)27-3/h8-10,22H,4-7H2,1-3H3. The summed E-state index contributed by atoms with van der Waals surface area (Å²) >= 11 is 0. The minimum Gasteiger partial charge on any atom is -0.497 e. The zero-order valence-corrected chi connectivity index (χ0v) is 15.6. The normalized spacial score (nSPS) is 13.4. The van der Waals surface area contributed by atoms with Crippen LogP contribution in [-0.2, 0) is 22.3 Å². The topological polar surface area (TPSA) is 77.6 Å². The Morgan fingerprint density at radius 1 is 0.926 bits per heavy atom. The van der Waals surface area contributed by atoms with Crippen LogP contribution in [0.4, 0.5) is 0 Å². The van der Waals surface area contributed by atoms with Gasteiger partial charge in [-0.2, -0.15) is 0 Å². The lowest BCUT2D eigenvalue weighted by Gasteiger charge is -2.22. The number of esters is 2. The molecule has 1 aliphatic carbocycles. The molecule has 1 aliphatic rings. The van der Waals surface area contributed by atoms with Gasteiger partial charge in [-0.15, -0.1) is 0 Å². The molecule has 0 radical (unpaired) electrons. The van der Waals surface area contributed by atoms with E-state index in [9.17, 15) is 9.59 Å². The lowest BCUT2D eigenvalue weighted by atomic mass is 9.82. The molecule has 1 N–H and O–H groups in total. The summed E-state index contributed by atoms with van der Waals surface area (Å²) in [6.45, 7) is 0. The van der Waals surface area contributed by atoms with E-state index in [1.165, 1.54) is 14.2 Å².